The molecule has 1 amide bonds. The van der Waals surface area contributed by atoms with Crippen LogP contribution in [-0.2, 0) is 6.54 Å². The number of aromatic nitrogens is 1. The highest BCUT2D eigenvalue weighted by atomic mass is 79.9. The summed E-state index contributed by atoms with van der Waals surface area (Å²) in [6.07, 6.45) is 3.22. The molecule has 0 aliphatic rings. The van der Waals surface area contributed by atoms with E-state index in [1.54, 1.807) is 42.6 Å². The summed E-state index contributed by atoms with van der Waals surface area (Å²) in [5.41, 5.74) is 0.543. The minimum Gasteiger partial charge on any atom is -0.467 e. The Labute approximate surface area is 107 Å². The van der Waals surface area contributed by atoms with Crippen LogP contribution in [-0.4, -0.2) is 22.8 Å². The Kier molecular flexibility index (Phi) is 3.58. The summed E-state index contributed by atoms with van der Waals surface area (Å²) in [7, 11) is 1.73. The van der Waals surface area contributed by atoms with E-state index in [-0.39, 0.29) is 5.91 Å². The number of hydrogen-bond donors (Lipinski definition) is 0. The van der Waals surface area contributed by atoms with E-state index in [1.165, 1.54) is 0 Å². The average Bonchev–Trinajstić information content (AvgIpc) is 2.81. The molecule has 0 aliphatic heterocycles. The zero-order valence-corrected chi connectivity index (χ0v) is 10.8. The van der Waals surface area contributed by atoms with E-state index in [9.17, 15) is 4.79 Å². The third-order valence-corrected chi connectivity index (χ3v) is 2.94. The van der Waals surface area contributed by atoms with E-state index in [2.05, 4.69) is 20.9 Å². The molecule has 4 nitrogen and oxygen atoms in total. The predicted octanol–water partition coefficient (Wildman–Crippen LogP) is 2.71. The number of carbonyl (C=O) groups excluding carboxylic acids is 1. The fourth-order valence-corrected chi connectivity index (χ4v) is 1.88. The van der Waals surface area contributed by atoms with Crippen molar-refractivity contribution in [3.05, 3.63) is 52.7 Å². The van der Waals surface area contributed by atoms with Gasteiger partial charge in [-0.25, -0.2) is 4.98 Å². The van der Waals surface area contributed by atoms with Crippen molar-refractivity contribution in [3.63, 3.8) is 0 Å². The second-order valence-electron chi connectivity index (χ2n) is 3.58. The maximum atomic E-state index is 12.1. The molecule has 0 spiro atoms. The van der Waals surface area contributed by atoms with Crippen molar-refractivity contribution in [2.24, 2.45) is 0 Å². The number of halogens is 1. The second-order valence-corrected chi connectivity index (χ2v) is 4.33. The molecule has 0 N–H and O–H groups in total. The lowest BCUT2D eigenvalue weighted by Crippen LogP contribution is -2.26. The summed E-state index contributed by atoms with van der Waals surface area (Å²) in [5.74, 6) is 0.655. The third kappa shape index (κ3) is 2.74. The minimum atomic E-state index is -0.0959. The highest BCUT2D eigenvalue weighted by Gasteiger charge is 2.16. The molecule has 0 radical (unpaired) electrons. The van der Waals surface area contributed by atoms with Crippen LogP contribution in [0.4, 0.5) is 0 Å². The molecule has 17 heavy (non-hydrogen) atoms. The predicted molar refractivity (Wildman–Crippen MR) is 66.4 cm³/mol. The molecule has 2 aromatic heterocycles. The Hall–Kier alpha value is -1.62. The largest absolute Gasteiger partial charge is 0.467 e. The average molecular weight is 295 g/mol. The van der Waals surface area contributed by atoms with Crippen LogP contribution in [0, 0.1) is 0 Å². The fraction of sp³-hybridized carbons (Fsp3) is 0.167. The van der Waals surface area contributed by atoms with Crippen LogP contribution in [0.1, 0.15) is 16.1 Å². The standard InChI is InChI=1S/C12H11BrN2O2/c1-15(8-9-4-3-7-17-9)12(16)10-5-2-6-14-11(10)13/h2-7H,8H2,1H3. The van der Waals surface area contributed by atoms with Crippen molar-refractivity contribution in [1.82, 2.24) is 9.88 Å². The summed E-state index contributed by atoms with van der Waals surface area (Å²) >= 11 is 3.26. The summed E-state index contributed by atoms with van der Waals surface area (Å²) in [5, 5.41) is 0. The van der Waals surface area contributed by atoms with Gasteiger partial charge in [0, 0.05) is 13.2 Å². The van der Waals surface area contributed by atoms with Crippen LogP contribution in [0.15, 0.2) is 45.7 Å². The first-order valence-corrected chi connectivity index (χ1v) is 5.86. The second kappa shape index (κ2) is 5.14. The van der Waals surface area contributed by atoms with Gasteiger partial charge in [0.15, 0.2) is 0 Å². The van der Waals surface area contributed by atoms with Crippen LogP contribution < -0.4 is 0 Å². The normalized spacial score (nSPS) is 10.2. The number of nitrogens with zero attached hydrogens (tertiary/aromatic N) is 2. The van der Waals surface area contributed by atoms with Crippen molar-refractivity contribution >= 4 is 21.8 Å². The van der Waals surface area contributed by atoms with Crippen molar-refractivity contribution in [2.75, 3.05) is 7.05 Å². The first-order chi connectivity index (χ1) is 8.18. The van der Waals surface area contributed by atoms with Crippen LogP contribution in [0.25, 0.3) is 0 Å². The SMILES string of the molecule is CN(Cc1ccco1)C(=O)c1cccnc1Br. The highest BCUT2D eigenvalue weighted by Crippen LogP contribution is 2.15. The first-order valence-electron chi connectivity index (χ1n) is 5.07. The van der Waals surface area contributed by atoms with E-state index in [0.29, 0.717) is 16.7 Å². The van der Waals surface area contributed by atoms with Crippen LogP contribution >= 0.6 is 15.9 Å². The fourth-order valence-electron chi connectivity index (χ4n) is 1.46. The molecule has 5 heteroatoms. The zero-order valence-electron chi connectivity index (χ0n) is 9.26. The van der Waals surface area contributed by atoms with Gasteiger partial charge in [-0.1, -0.05) is 0 Å². The molecule has 0 bridgehead atoms. The smallest absolute Gasteiger partial charge is 0.256 e. The lowest BCUT2D eigenvalue weighted by atomic mass is 10.2. The number of amides is 1. The molecule has 2 heterocycles. The van der Waals surface area contributed by atoms with E-state index in [1.807, 2.05) is 6.07 Å². The maximum Gasteiger partial charge on any atom is 0.256 e. The summed E-state index contributed by atoms with van der Waals surface area (Å²) in [6, 6.07) is 7.10. The Bertz CT molecular complexity index is 511. The van der Waals surface area contributed by atoms with Gasteiger partial charge < -0.3 is 9.32 Å². The quantitative estimate of drug-likeness (QED) is 0.818. The van der Waals surface area contributed by atoms with Gasteiger partial charge in [0.25, 0.3) is 5.91 Å². The number of rotatable bonds is 3. The lowest BCUT2D eigenvalue weighted by Gasteiger charge is -2.16. The molecular weight excluding hydrogens is 284 g/mol. The van der Waals surface area contributed by atoms with Crippen molar-refractivity contribution in [3.8, 4) is 0 Å². The van der Waals surface area contributed by atoms with Gasteiger partial charge in [-0.2, -0.15) is 0 Å². The van der Waals surface area contributed by atoms with Gasteiger partial charge in [0.1, 0.15) is 10.4 Å². The first kappa shape index (κ1) is 11.9. The van der Waals surface area contributed by atoms with Crippen LogP contribution in [0.2, 0.25) is 0 Å². The number of carbonyl (C=O) groups is 1. The Morgan fingerprint density at radius 2 is 2.29 bits per heavy atom. The molecule has 88 valence electrons. The molecule has 2 rings (SSSR count). The summed E-state index contributed by atoms with van der Waals surface area (Å²) in [4.78, 5) is 17.7. The monoisotopic (exact) mass is 294 g/mol. The molecule has 0 atom stereocenters. The summed E-state index contributed by atoms with van der Waals surface area (Å²) < 4.78 is 5.75. The molecule has 2 aromatic rings. The van der Waals surface area contributed by atoms with Gasteiger partial charge >= 0.3 is 0 Å². The number of furan rings is 1. The van der Waals surface area contributed by atoms with Gasteiger partial charge in [0.05, 0.1) is 18.4 Å². The molecular formula is C12H11BrN2O2. The van der Waals surface area contributed by atoms with Gasteiger partial charge in [-0.05, 0) is 40.2 Å². The van der Waals surface area contributed by atoms with Crippen LogP contribution in [0.5, 0.6) is 0 Å². The van der Waals surface area contributed by atoms with Gasteiger partial charge in [0.2, 0.25) is 0 Å². The Morgan fingerprint density at radius 3 is 2.94 bits per heavy atom. The number of pyridine rings is 1. The highest BCUT2D eigenvalue weighted by molar-refractivity contribution is 9.10. The Balaban J connectivity index is 2.13. The van der Waals surface area contributed by atoms with E-state index in [4.69, 9.17) is 4.42 Å². The molecule has 0 fully saturated rings. The minimum absolute atomic E-state index is 0.0959. The topological polar surface area (TPSA) is 46.3 Å². The van der Waals surface area contributed by atoms with Crippen molar-refractivity contribution < 1.29 is 9.21 Å². The van der Waals surface area contributed by atoms with E-state index < -0.39 is 0 Å². The lowest BCUT2D eigenvalue weighted by molar-refractivity contribution is 0.0774. The van der Waals surface area contributed by atoms with E-state index in [0.717, 1.165) is 5.76 Å². The van der Waals surface area contributed by atoms with Crippen LogP contribution in [0.3, 0.4) is 0 Å². The Morgan fingerprint density at radius 1 is 1.47 bits per heavy atom. The maximum absolute atomic E-state index is 12.1. The molecule has 0 aliphatic carbocycles. The molecule has 0 saturated carbocycles. The molecule has 0 aromatic carbocycles. The number of hydrogen-bond acceptors (Lipinski definition) is 3. The third-order valence-electron chi connectivity index (χ3n) is 2.31. The van der Waals surface area contributed by atoms with Crippen molar-refractivity contribution in [1.29, 1.82) is 0 Å². The van der Waals surface area contributed by atoms with Gasteiger partial charge in [-0.15, -0.1) is 0 Å². The van der Waals surface area contributed by atoms with Crippen molar-refractivity contribution in [2.45, 2.75) is 6.54 Å². The molecule has 0 saturated heterocycles. The molecule has 0 unspecified atom stereocenters. The van der Waals surface area contributed by atoms with Gasteiger partial charge in [-0.3, -0.25) is 4.79 Å². The zero-order chi connectivity index (χ0) is 12.3. The summed E-state index contributed by atoms with van der Waals surface area (Å²) in [6.45, 7) is 0.438. The van der Waals surface area contributed by atoms with E-state index >= 15 is 0 Å².